The van der Waals surface area contributed by atoms with E-state index in [4.69, 9.17) is 23.7 Å². The number of carbonyl (C=O) groups is 3. The van der Waals surface area contributed by atoms with Crippen LogP contribution in [0.4, 0.5) is 5.69 Å². The first-order valence-electron chi connectivity index (χ1n) is 17.5. The molecule has 0 saturated heterocycles. The molecule has 1 atom stereocenters. The number of hydrogen-bond donors (Lipinski definition) is 4. The number of methoxy groups -OCH3 is 3. The first-order valence-corrected chi connectivity index (χ1v) is 17.5. The van der Waals surface area contributed by atoms with Gasteiger partial charge in [-0.1, -0.05) is 44.7 Å². The number of aliphatic hydroxyl groups excluding tert-OH is 1. The smallest absolute Gasteiger partial charge is 0.343 e. The van der Waals surface area contributed by atoms with E-state index in [0.29, 0.717) is 57.7 Å². The maximum Gasteiger partial charge on any atom is 0.343 e. The van der Waals surface area contributed by atoms with Gasteiger partial charge in [0, 0.05) is 11.3 Å². The fourth-order valence-corrected chi connectivity index (χ4v) is 5.51. The Balaban J connectivity index is 1.26. The van der Waals surface area contributed by atoms with Crippen molar-refractivity contribution in [2.75, 3.05) is 33.3 Å². The third-order valence-corrected chi connectivity index (χ3v) is 8.39. The summed E-state index contributed by atoms with van der Waals surface area (Å²) in [7, 11) is 4.49. The molecule has 0 spiro atoms. The zero-order valence-corrected chi connectivity index (χ0v) is 30.6. The van der Waals surface area contributed by atoms with Crippen molar-refractivity contribution in [3.63, 3.8) is 0 Å². The molecular weight excluding hydrogens is 680 g/mol. The predicted octanol–water partition coefficient (Wildman–Crippen LogP) is 6.11. The Hall–Kier alpha value is -5.59. The van der Waals surface area contributed by atoms with Crippen LogP contribution in [-0.2, 0) is 17.6 Å². The number of rotatable bonds is 20. The van der Waals surface area contributed by atoms with Crippen LogP contribution < -0.4 is 34.3 Å². The number of carbonyl (C=O) groups excluding carboxylic acids is 3. The second-order valence-electron chi connectivity index (χ2n) is 12.4. The zero-order chi connectivity index (χ0) is 38.2. The highest BCUT2D eigenvalue weighted by molar-refractivity contribution is 5.96. The molecule has 0 aliphatic carbocycles. The van der Waals surface area contributed by atoms with Crippen LogP contribution in [0.1, 0.15) is 70.9 Å². The third kappa shape index (κ3) is 12.3. The third-order valence-electron chi connectivity index (χ3n) is 8.39. The SMILES string of the molecule is CCCCCCCOc1ccc(C(=O)Oc2ccc(CC(NC(=O)c3ccc(NC(=O)Cc4cc(OC)c(OC)c(OC)c4)cc3)C(O)O)cc2)cc1. The second-order valence-corrected chi connectivity index (χ2v) is 12.4. The summed E-state index contributed by atoms with van der Waals surface area (Å²) in [6.07, 6.45) is 4.02. The van der Waals surface area contributed by atoms with Crippen molar-refractivity contribution in [2.24, 2.45) is 0 Å². The fourth-order valence-electron chi connectivity index (χ4n) is 5.51. The molecular formula is C41H48N2O10. The number of amides is 2. The first kappa shape index (κ1) is 40.2. The highest BCUT2D eigenvalue weighted by atomic mass is 16.5. The van der Waals surface area contributed by atoms with Crippen molar-refractivity contribution in [3.05, 3.63) is 107 Å². The molecule has 0 saturated carbocycles. The molecule has 0 heterocycles. The Morgan fingerprint density at radius 3 is 1.89 bits per heavy atom. The van der Waals surface area contributed by atoms with Crippen LogP contribution in [0.15, 0.2) is 84.9 Å². The highest BCUT2D eigenvalue weighted by Gasteiger charge is 2.21. The molecule has 53 heavy (non-hydrogen) atoms. The van der Waals surface area contributed by atoms with E-state index in [1.54, 1.807) is 72.8 Å². The Bertz CT molecular complexity index is 1750. The molecule has 0 aliphatic heterocycles. The van der Waals surface area contributed by atoms with Crippen LogP contribution in [-0.4, -0.2) is 68.3 Å². The number of ether oxygens (including phenoxy) is 5. The number of unbranched alkanes of at least 4 members (excludes halogenated alkanes) is 4. The van der Waals surface area contributed by atoms with Gasteiger partial charge in [-0.2, -0.15) is 0 Å². The summed E-state index contributed by atoms with van der Waals surface area (Å²) < 4.78 is 27.3. The van der Waals surface area contributed by atoms with Gasteiger partial charge in [0.15, 0.2) is 17.8 Å². The van der Waals surface area contributed by atoms with Gasteiger partial charge in [0.25, 0.3) is 5.91 Å². The van der Waals surface area contributed by atoms with Gasteiger partial charge >= 0.3 is 5.97 Å². The van der Waals surface area contributed by atoms with Gasteiger partial charge in [-0.25, -0.2) is 4.79 Å². The molecule has 2 amide bonds. The molecule has 0 aromatic heterocycles. The lowest BCUT2D eigenvalue weighted by Gasteiger charge is -2.21. The number of nitrogens with one attached hydrogen (secondary N) is 2. The van der Waals surface area contributed by atoms with E-state index >= 15 is 0 Å². The van der Waals surface area contributed by atoms with E-state index < -0.39 is 24.2 Å². The maximum absolute atomic E-state index is 13.0. The number of benzene rings is 4. The van der Waals surface area contributed by atoms with E-state index in [1.165, 1.54) is 52.7 Å². The van der Waals surface area contributed by atoms with Gasteiger partial charge in [0.2, 0.25) is 11.7 Å². The number of esters is 1. The van der Waals surface area contributed by atoms with Gasteiger partial charge in [0.05, 0.1) is 46.0 Å². The zero-order valence-electron chi connectivity index (χ0n) is 30.6. The summed E-state index contributed by atoms with van der Waals surface area (Å²) in [4.78, 5) is 38.5. The fraction of sp³-hybridized carbons (Fsp3) is 0.341. The van der Waals surface area contributed by atoms with E-state index in [0.717, 1.165) is 12.8 Å². The topological polar surface area (TPSA) is 162 Å². The Morgan fingerprint density at radius 2 is 1.30 bits per heavy atom. The Kier molecular flexibility index (Phi) is 15.5. The summed E-state index contributed by atoms with van der Waals surface area (Å²) in [5.74, 6) is 0.932. The number of anilines is 1. The van der Waals surface area contributed by atoms with Gasteiger partial charge < -0.3 is 44.5 Å². The molecule has 12 heteroatoms. The average Bonchev–Trinajstić information content (AvgIpc) is 3.16. The van der Waals surface area contributed by atoms with E-state index in [9.17, 15) is 24.6 Å². The minimum atomic E-state index is -1.85. The molecule has 0 bridgehead atoms. The van der Waals surface area contributed by atoms with E-state index in [1.807, 2.05) is 0 Å². The molecule has 4 N–H and O–H groups in total. The van der Waals surface area contributed by atoms with Crippen LogP contribution in [0.5, 0.6) is 28.7 Å². The van der Waals surface area contributed by atoms with Crippen molar-refractivity contribution in [1.82, 2.24) is 5.32 Å². The molecule has 0 radical (unpaired) electrons. The summed E-state index contributed by atoms with van der Waals surface area (Å²) in [6, 6.07) is 21.9. The van der Waals surface area contributed by atoms with Gasteiger partial charge in [-0.3, -0.25) is 9.59 Å². The van der Waals surface area contributed by atoms with Crippen molar-refractivity contribution in [1.29, 1.82) is 0 Å². The van der Waals surface area contributed by atoms with Gasteiger partial charge in [-0.05, 0) is 96.8 Å². The van der Waals surface area contributed by atoms with Gasteiger partial charge in [-0.15, -0.1) is 0 Å². The molecule has 1 unspecified atom stereocenters. The Morgan fingerprint density at radius 1 is 0.698 bits per heavy atom. The predicted molar refractivity (Wildman–Crippen MR) is 200 cm³/mol. The van der Waals surface area contributed by atoms with Crippen LogP contribution in [0.25, 0.3) is 0 Å². The maximum atomic E-state index is 13.0. The largest absolute Gasteiger partial charge is 0.494 e. The van der Waals surface area contributed by atoms with Crippen molar-refractivity contribution >= 4 is 23.5 Å². The molecule has 4 aromatic carbocycles. The average molecular weight is 729 g/mol. The quantitative estimate of drug-likeness (QED) is 0.0362. The van der Waals surface area contributed by atoms with Crippen molar-refractivity contribution in [3.8, 4) is 28.7 Å². The number of aliphatic hydroxyl groups is 2. The van der Waals surface area contributed by atoms with E-state index in [2.05, 4.69) is 17.6 Å². The second kappa shape index (κ2) is 20.4. The monoisotopic (exact) mass is 728 g/mol. The highest BCUT2D eigenvalue weighted by Crippen LogP contribution is 2.38. The lowest BCUT2D eigenvalue weighted by molar-refractivity contribution is -0.115. The molecule has 0 fully saturated rings. The molecule has 282 valence electrons. The van der Waals surface area contributed by atoms with Crippen LogP contribution in [0.3, 0.4) is 0 Å². The molecule has 0 aliphatic rings. The van der Waals surface area contributed by atoms with Crippen LogP contribution in [0.2, 0.25) is 0 Å². The summed E-state index contributed by atoms with van der Waals surface area (Å²) in [5.41, 5.74) is 2.41. The van der Waals surface area contributed by atoms with Crippen molar-refractivity contribution < 1.29 is 48.3 Å². The molecule has 4 aromatic rings. The van der Waals surface area contributed by atoms with Crippen molar-refractivity contribution in [2.45, 2.75) is 64.2 Å². The first-order chi connectivity index (χ1) is 25.6. The summed E-state index contributed by atoms with van der Waals surface area (Å²) in [6.45, 7) is 2.81. The lowest BCUT2D eigenvalue weighted by Crippen LogP contribution is -2.44. The van der Waals surface area contributed by atoms with Gasteiger partial charge in [0.1, 0.15) is 11.5 Å². The normalized spacial score (nSPS) is 11.4. The lowest BCUT2D eigenvalue weighted by atomic mass is 10.0. The summed E-state index contributed by atoms with van der Waals surface area (Å²) >= 11 is 0. The van der Waals surface area contributed by atoms with Crippen LogP contribution >= 0.6 is 0 Å². The molecule has 12 nitrogen and oxygen atoms in total. The van der Waals surface area contributed by atoms with E-state index in [-0.39, 0.29) is 24.3 Å². The number of hydrogen-bond acceptors (Lipinski definition) is 10. The minimum absolute atomic E-state index is 0.0292. The molecule has 4 rings (SSSR count). The standard InChI is InChI=1S/C41H48N2O10/c1-5-6-7-8-9-22-52-32-20-14-30(15-21-32)41(48)53-33-18-10-27(11-19-33)23-34(40(46)47)43-39(45)29-12-16-31(17-13-29)42-37(44)26-28-24-35(49-2)38(51-4)36(25-28)50-3/h10-21,24-25,34,40,46-47H,5-9,22-23,26H2,1-4H3,(H,42,44)(H,43,45). The summed E-state index contributed by atoms with van der Waals surface area (Å²) in [5, 5.41) is 25.5. The van der Waals surface area contributed by atoms with Crippen LogP contribution in [0, 0.1) is 0 Å². The Labute approximate surface area is 310 Å². The minimum Gasteiger partial charge on any atom is -0.494 e.